The summed E-state index contributed by atoms with van der Waals surface area (Å²) < 4.78 is 11.3. The van der Waals surface area contributed by atoms with E-state index >= 15 is 0 Å². The van der Waals surface area contributed by atoms with Crippen molar-refractivity contribution in [1.29, 1.82) is 0 Å². The average Bonchev–Trinajstić information content (AvgIpc) is 2.85. The number of esters is 1. The van der Waals surface area contributed by atoms with Crippen molar-refractivity contribution in [2.24, 2.45) is 0 Å². The molecule has 3 aromatic carbocycles. The molecule has 0 N–H and O–H groups in total. The number of carbonyl (C=O) groups is 1. The summed E-state index contributed by atoms with van der Waals surface area (Å²) >= 11 is 6.25. The fourth-order valence-electron chi connectivity index (χ4n) is 3.62. The Balaban J connectivity index is 1.45. The Morgan fingerprint density at radius 1 is 0.758 bits per heavy atom. The molecule has 0 amide bonds. The largest absolute Gasteiger partial charge is 0.494 e. The van der Waals surface area contributed by atoms with Crippen LogP contribution in [0.2, 0.25) is 0 Å². The van der Waals surface area contributed by atoms with E-state index in [0.717, 1.165) is 35.5 Å². The molecule has 0 spiro atoms. The molecule has 1 atom stereocenters. The maximum Gasteiger partial charge on any atom is 0.329 e. The van der Waals surface area contributed by atoms with Crippen molar-refractivity contribution >= 4 is 17.6 Å². The number of benzene rings is 3. The molecule has 0 aliphatic rings. The number of halogens is 1. The van der Waals surface area contributed by atoms with Crippen LogP contribution in [0.1, 0.15) is 51.0 Å². The van der Waals surface area contributed by atoms with E-state index in [1.807, 2.05) is 66.7 Å². The van der Waals surface area contributed by atoms with Crippen molar-refractivity contribution in [2.75, 3.05) is 6.61 Å². The van der Waals surface area contributed by atoms with Crippen LogP contribution in [0, 0.1) is 0 Å². The normalized spacial score (nSPS) is 11.7. The highest BCUT2D eigenvalue weighted by Gasteiger charge is 2.18. The van der Waals surface area contributed by atoms with Gasteiger partial charge in [0.05, 0.1) is 6.61 Å². The third-order valence-corrected chi connectivity index (χ3v) is 5.87. The Bertz CT molecular complexity index is 952. The van der Waals surface area contributed by atoms with Gasteiger partial charge >= 0.3 is 5.97 Å². The van der Waals surface area contributed by atoms with Crippen LogP contribution in [0.15, 0.2) is 78.9 Å². The van der Waals surface area contributed by atoms with E-state index in [2.05, 4.69) is 6.92 Å². The molecular formula is C29H33ClO3. The zero-order valence-electron chi connectivity index (χ0n) is 19.3. The van der Waals surface area contributed by atoms with Crippen LogP contribution < -0.4 is 9.47 Å². The van der Waals surface area contributed by atoms with Gasteiger partial charge in [-0.2, -0.15) is 0 Å². The number of rotatable bonds is 13. The summed E-state index contributed by atoms with van der Waals surface area (Å²) in [5.74, 6) is 0.936. The maximum atomic E-state index is 12.3. The number of unbranched alkanes of at least 4 members (excludes halogenated alkanes) is 5. The Labute approximate surface area is 202 Å². The molecule has 0 saturated heterocycles. The van der Waals surface area contributed by atoms with Crippen LogP contribution >= 0.6 is 11.6 Å². The smallest absolute Gasteiger partial charge is 0.329 e. The van der Waals surface area contributed by atoms with Crippen molar-refractivity contribution in [3.63, 3.8) is 0 Å². The lowest BCUT2D eigenvalue weighted by Gasteiger charge is -2.11. The highest BCUT2D eigenvalue weighted by Crippen LogP contribution is 2.25. The predicted octanol–water partition coefficient (Wildman–Crippen LogP) is 7.85. The second kappa shape index (κ2) is 13.7. The predicted molar refractivity (Wildman–Crippen MR) is 136 cm³/mol. The molecule has 0 heterocycles. The quantitative estimate of drug-likeness (QED) is 0.112. The van der Waals surface area contributed by atoms with Gasteiger partial charge in [0.15, 0.2) is 0 Å². The van der Waals surface area contributed by atoms with E-state index < -0.39 is 11.3 Å². The van der Waals surface area contributed by atoms with Crippen LogP contribution in [0.4, 0.5) is 0 Å². The average molecular weight is 465 g/mol. The van der Waals surface area contributed by atoms with Gasteiger partial charge in [-0.1, -0.05) is 93.6 Å². The Kier molecular flexibility index (Phi) is 10.3. The molecule has 3 nitrogen and oxygen atoms in total. The summed E-state index contributed by atoms with van der Waals surface area (Å²) in [6, 6.07) is 25.3. The minimum Gasteiger partial charge on any atom is -0.494 e. The van der Waals surface area contributed by atoms with Gasteiger partial charge < -0.3 is 9.47 Å². The molecule has 3 aromatic rings. The first-order valence-electron chi connectivity index (χ1n) is 11.9. The molecule has 4 heteroatoms. The second-order valence-corrected chi connectivity index (χ2v) is 8.77. The Morgan fingerprint density at radius 3 is 1.97 bits per heavy atom. The third-order valence-electron chi connectivity index (χ3n) is 5.54. The Hall–Kier alpha value is -2.78. The number of carbonyl (C=O) groups excluding carboxylic acids is 1. The molecule has 0 bridgehead atoms. The van der Waals surface area contributed by atoms with Gasteiger partial charge in [0.25, 0.3) is 0 Å². The summed E-state index contributed by atoms with van der Waals surface area (Å²) in [5.41, 5.74) is 3.13. The molecule has 0 fully saturated rings. The maximum absolute atomic E-state index is 12.3. The van der Waals surface area contributed by atoms with Gasteiger partial charge in [0.1, 0.15) is 16.9 Å². The van der Waals surface area contributed by atoms with E-state index in [1.54, 1.807) is 12.1 Å². The van der Waals surface area contributed by atoms with Gasteiger partial charge in [-0.05, 0) is 53.8 Å². The highest BCUT2D eigenvalue weighted by molar-refractivity contribution is 6.30. The van der Waals surface area contributed by atoms with E-state index in [-0.39, 0.29) is 0 Å². The monoisotopic (exact) mass is 464 g/mol. The molecule has 0 radical (unpaired) electrons. The molecule has 174 valence electrons. The van der Waals surface area contributed by atoms with E-state index in [0.29, 0.717) is 12.2 Å². The first-order valence-corrected chi connectivity index (χ1v) is 12.3. The highest BCUT2D eigenvalue weighted by atomic mass is 35.5. The Morgan fingerprint density at radius 2 is 1.33 bits per heavy atom. The number of alkyl halides is 1. The van der Waals surface area contributed by atoms with Crippen molar-refractivity contribution in [3.05, 3.63) is 84.4 Å². The van der Waals surface area contributed by atoms with Crippen LogP contribution in [-0.2, 0) is 11.2 Å². The summed E-state index contributed by atoms with van der Waals surface area (Å²) in [5, 5.41) is -0.726. The molecule has 0 saturated carbocycles. The lowest BCUT2D eigenvalue weighted by atomic mass is 10.1. The molecular weight excluding hydrogens is 432 g/mol. The van der Waals surface area contributed by atoms with Gasteiger partial charge in [0.2, 0.25) is 0 Å². The van der Waals surface area contributed by atoms with E-state index in [1.165, 1.54) is 32.1 Å². The first kappa shape index (κ1) is 24.9. The van der Waals surface area contributed by atoms with E-state index in [9.17, 15) is 4.79 Å². The SMILES string of the molecule is CCCCCCCCOc1ccc(-c2ccc(OC(=O)C(Cl)Cc3ccccc3)cc2)cc1. The molecule has 0 aliphatic carbocycles. The van der Waals surface area contributed by atoms with Crippen molar-refractivity contribution < 1.29 is 14.3 Å². The zero-order valence-corrected chi connectivity index (χ0v) is 20.1. The van der Waals surface area contributed by atoms with Crippen molar-refractivity contribution in [2.45, 2.75) is 57.2 Å². The number of hydrogen-bond donors (Lipinski definition) is 0. The first-order chi connectivity index (χ1) is 16.2. The van der Waals surface area contributed by atoms with Gasteiger partial charge in [-0.25, -0.2) is 0 Å². The minimum absolute atomic E-state index is 0.437. The number of hydrogen-bond acceptors (Lipinski definition) is 3. The summed E-state index contributed by atoms with van der Waals surface area (Å²) in [4.78, 5) is 12.3. The molecule has 3 rings (SSSR count). The van der Waals surface area contributed by atoms with Crippen LogP contribution in [0.25, 0.3) is 11.1 Å². The molecule has 0 aliphatic heterocycles. The topological polar surface area (TPSA) is 35.5 Å². The zero-order chi connectivity index (χ0) is 23.3. The lowest BCUT2D eigenvalue weighted by Crippen LogP contribution is -2.22. The standard InChI is InChI=1S/C29H33ClO3/c1-2-3-4-5-6-10-21-32-26-17-13-24(14-18-26)25-15-19-27(20-16-25)33-29(31)28(30)22-23-11-8-7-9-12-23/h7-9,11-20,28H,2-6,10,21-22H2,1H3. The number of ether oxygens (including phenoxy) is 2. The molecule has 1 unspecified atom stereocenters. The fraction of sp³-hybridized carbons (Fsp3) is 0.345. The van der Waals surface area contributed by atoms with Crippen molar-refractivity contribution in [1.82, 2.24) is 0 Å². The lowest BCUT2D eigenvalue weighted by molar-refractivity contribution is -0.133. The van der Waals surface area contributed by atoms with Gasteiger partial charge in [0, 0.05) is 0 Å². The summed E-state index contributed by atoms with van der Waals surface area (Å²) in [6.07, 6.45) is 7.98. The fourth-order valence-corrected chi connectivity index (χ4v) is 3.84. The minimum atomic E-state index is -0.726. The summed E-state index contributed by atoms with van der Waals surface area (Å²) in [7, 11) is 0. The second-order valence-electron chi connectivity index (χ2n) is 8.24. The summed E-state index contributed by atoms with van der Waals surface area (Å²) in [6.45, 7) is 3.00. The van der Waals surface area contributed by atoms with Gasteiger partial charge in [-0.15, -0.1) is 11.6 Å². The molecule has 0 aromatic heterocycles. The van der Waals surface area contributed by atoms with Crippen LogP contribution in [-0.4, -0.2) is 18.0 Å². The van der Waals surface area contributed by atoms with Crippen molar-refractivity contribution in [3.8, 4) is 22.6 Å². The van der Waals surface area contributed by atoms with Gasteiger partial charge in [-0.3, -0.25) is 4.79 Å². The van der Waals surface area contributed by atoms with Crippen LogP contribution in [0.3, 0.4) is 0 Å². The molecule has 33 heavy (non-hydrogen) atoms. The van der Waals surface area contributed by atoms with E-state index in [4.69, 9.17) is 21.1 Å². The van der Waals surface area contributed by atoms with Crippen LogP contribution in [0.5, 0.6) is 11.5 Å². The third kappa shape index (κ3) is 8.58.